The third kappa shape index (κ3) is 5.81. The highest BCUT2D eigenvalue weighted by molar-refractivity contribution is 7.92. The van der Waals surface area contributed by atoms with Crippen molar-refractivity contribution in [1.82, 2.24) is 0 Å². The van der Waals surface area contributed by atoms with Crippen molar-refractivity contribution in [3.05, 3.63) is 58.1 Å². The summed E-state index contributed by atoms with van der Waals surface area (Å²) in [6.07, 6.45) is 4.75. The summed E-state index contributed by atoms with van der Waals surface area (Å²) in [5, 5.41) is 14.1. The van der Waals surface area contributed by atoms with Crippen LogP contribution in [0.2, 0.25) is 0 Å². The van der Waals surface area contributed by atoms with E-state index in [2.05, 4.69) is 10.2 Å². The molecule has 0 bridgehead atoms. The quantitative estimate of drug-likeness (QED) is 0.456. The second-order valence-electron chi connectivity index (χ2n) is 8.29. The molecule has 0 aromatic heterocycles. The predicted octanol–water partition coefficient (Wildman–Crippen LogP) is 4.08. The Morgan fingerprint density at radius 3 is 2.33 bits per heavy atom. The Hall–Kier alpha value is -3.14. The van der Waals surface area contributed by atoms with Crippen LogP contribution in [0.3, 0.4) is 0 Å². The topological polar surface area (TPSA) is 113 Å². The molecule has 1 atom stereocenters. The molecule has 1 aliphatic rings. The van der Waals surface area contributed by atoms with Crippen molar-refractivity contribution in [1.29, 1.82) is 0 Å². The summed E-state index contributed by atoms with van der Waals surface area (Å²) in [4.78, 5) is 26.1. The first-order chi connectivity index (χ1) is 15.6. The molecule has 1 fully saturated rings. The van der Waals surface area contributed by atoms with Gasteiger partial charge in [0.25, 0.3) is 5.69 Å². The van der Waals surface area contributed by atoms with Crippen molar-refractivity contribution in [3.8, 4) is 0 Å². The van der Waals surface area contributed by atoms with E-state index >= 15 is 0 Å². The zero-order chi connectivity index (χ0) is 24.2. The summed E-state index contributed by atoms with van der Waals surface area (Å²) >= 11 is 0. The highest BCUT2D eigenvalue weighted by Crippen LogP contribution is 2.31. The first kappa shape index (κ1) is 24.5. The largest absolute Gasteiger partial charge is 0.372 e. The van der Waals surface area contributed by atoms with Crippen LogP contribution in [0.1, 0.15) is 38.2 Å². The summed E-state index contributed by atoms with van der Waals surface area (Å²) in [5.41, 5.74) is 2.04. The van der Waals surface area contributed by atoms with Gasteiger partial charge in [0.05, 0.1) is 16.9 Å². The lowest BCUT2D eigenvalue weighted by atomic mass is 10.1. The van der Waals surface area contributed by atoms with Gasteiger partial charge in [-0.1, -0.05) is 13.0 Å². The number of carbonyl (C=O) groups is 1. The van der Waals surface area contributed by atoms with Crippen LogP contribution < -0.4 is 14.5 Å². The second-order valence-corrected chi connectivity index (χ2v) is 10.2. The van der Waals surface area contributed by atoms with Crippen molar-refractivity contribution in [2.75, 3.05) is 33.9 Å². The highest BCUT2D eigenvalue weighted by atomic mass is 32.2. The van der Waals surface area contributed by atoms with E-state index in [-0.39, 0.29) is 17.8 Å². The number of nitrogens with one attached hydrogen (secondary N) is 1. The third-order valence-electron chi connectivity index (χ3n) is 5.83. The minimum Gasteiger partial charge on any atom is -0.372 e. The number of sulfonamides is 1. The number of carbonyl (C=O) groups excluding carboxylic acids is 1. The number of non-ortho nitro benzene ring substituents is 1. The number of rotatable bonds is 8. The molecule has 0 radical (unpaired) electrons. The number of hydrogen-bond acceptors (Lipinski definition) is 6. The molecule has 0 spiro atoms. The maximum Gasteiger partial charge on any atom is 0.271 e. The molecule has 1 heterocycles. The Labute approximate surface area is 194 Å². The van der Waals surface area contributed by atoms with Crippen LogP contribution in [0, 0.1) is 17.0 Å². The molecule has 1 amide bonds. The number of nitro benzene ring substituents is 1. The van der Waals surface area contributed by atoms with Gasteiger partial charge in [-0.05, 0) is 62.4 Å². The standard InChI is InChI=1S/C23H30N4O5S/c1-4-21(26(33(3,31)32)22-16-20(27(29)30)11-8-17(22)2)23(28)24-18-9-12-19(13-10-18)25-14-6-5-7-15-25/h8-13,16,21H,4-7,14-15H2,1-3H3,(H,24,28)/t21-/m0/s1. The Balaban J connectivity index is 1.86. The van der Waals surface area contributed by atoms with Gasteiger partial charge in [-0.25, -0.2) is 8.42 Å². The molecular weight excluding hydrogens is 444 g/mol. The Bertz CT molecular complexity index is 1110. The van der Waals surface area contributed by atoms with Crippen LogP contribution in [0.5, 0.6) is 0 Å². The predicted molar refractivity (Wildman–Crippen MR) is 130 cm³/mol. The van der Waals surface area contributed by atoms with E-state index in [9.17, 15) is 23.3 Å². The lowest BCUT2D eigenvalue weighted by molar-refractivity contribution is -0.384. The van der Waals surface area contributed by atoms with Gasteiger partial charge in [0.2, 0.25) is 15.9 Å². The SMILES string of the molecule is CC[C@@H](C(=O)Nc1ccc(N2CCCCC2)cc1)N(c1cc([N+](=O)[O-])ccc1C)S(C)(=O)=O. The minimum atomic E-state index is -3.91. The Morgan fingerprint density at radius 1 is 1.15 bits per heavy atom. The molecule has 9 nitrogen and oxygen atoms in total. The number of aryl methyl sites for hydroxylation is 1. The fraction of sp³-hybridized carbons (Fsp3) is 0.435. The lowest BCUT2D eigenvalue weighted by Gasteiger charge is -2.31. The van der Waals surface area contributed by atoms with Crippen molar-refractivity contribution in [3.63, 3.8) is 0 Å². The smallest absolute Gasteiger partial charge is 0.271 e. The first-order valence-corrected chi connectivity index (χ1v) is 12.9. The first-order valence-electron chi connectivity index (χ1n) is 11.0. The van der Waals surface area contributed by atoms with Gasteiger partial charge in [-0.2, -0.15) is 0 Å². The zero-order valence-electron chi connectivity index (χ0n) is 19.2. The molecule has 0 saturated carbocycles. The number of amides is 1. The number of nitrogens with zero attached hydrogens (tertiary/aromatic N) is 3. The van der Waals surface area contributed by atoms with E-state index in [1.54, 1.807) is 26.0 Å². The molecule has 10 heteroatoms. The summed E-state index contributed by atoms with van der Waals surface area (Å²) < 4.78 is 26.4. The average molecular weight is 475 g/mol. The van der Waals surface area contributed by atoms with E-state index in [4.69, 9.17) is 0 Å². The van der Waals surface area contributed by atoms with Crippen LogP contribution in [-0.2, 0) is 14.8 Å². The van der Waals surface area contributed by atoms with Crippen molar-refractivity contribution < 1.29 is 18.1 Å². The van der Waals surface area contributed by atoms with Crippen LogP contribution in [0.15, 0.2) is 42.5 Å². The van der Waals surface area contributed by atoms with Crippen LogP contribution in [0.25, 0.3) is 0 Å². The summed E-state index contributed by atoms with van der Waals surface area (Å²) in [6.45, 7) is 5.38. The summed E-state index contributed by atoms with van der Waals surface area (Å²) in [5.74, 6) is -0.500. The van der Waals surface area contributed by atoms with Crippen molar-refractivity contribution >= 4 is 38.7 Å². The van der Waals surface area contributed by atoms with Crippen LogP contribution in [0.4, 0.5) is 22.7 Å². The Kier molecular flexibility index (Phi) is 7.57. The molecule has 178 valence electrons. The fourth-order valence-electron chi connectivity index (χ4n) is 4.12. The van der Waals surface area contributed by atoms with E-state index in [1.165, 1.54) is 24.6 Å². The molecule has 1 saturated heterocycles. The van der Waals surface area contributed by atoms with Crippen molar-refractivity contribution in [2.45, 2.75) is 45.6 Å². The molecule has 1 N–H and O–H groups in total. The summed E-state index contributed by atoms with van der Waals surface area (Å²) in [6, 6.07) is 10.4. The van der Waals surface area contributed by atoms with E-state index in [1.807, 2.05) is 12.1 Å². The maximum absolute atomic E-state index is 13.2. The fourth-order valence-corrected chi connectivity index (χ4v) is 5.38. The second kappa shape index (κ2) is 10.2. The molecule has 2 aromatic rings. The lowest BCUT2D eigenvalue weighted by Crippen LogP contribution is -2.47. The van der Waals surface area contributed by atoms with E-state index in [0.717, 1.165) is 42.2 Å². The number of benzene rings is 2. The highest BCUT2D eigenvalue weighted by Gasteiger charge is 2.33. The van der Waals surface area contributed by atoms with Gasteiger partial charge in [-0.3, -0.25) is 19.2 Å². The van der Waals surface area contributed by atoms with E-state index < -0.39 is 26.9 Å². The molecule has 2 aromatic carbocycles. The van der Waals surface area contributed by atoms with Crippen LogP contribution in [-0.4, -0.2) is 44.6 Å². The average Bonchev–Trinajstić information content (AvgIpc) is 2.78. The molecular formula is C23H30N4O5S. The molecule has 0 unspecified atom stereocenters. The number of anilines is 3. The summed E-state index contributed by atoms with van der Waals surface area (Å²) in [7, 11) is -3.91. The molecule has 3 rings (SSSR count). The van der Waals surface area contributed by atoms with Gasteiger partial charge in [0, 0.05) is 36.6 Å². The molecule has 1 aliphatic heterocycles. The van der Waals surface area contributed by atoms with Crippen LogP contribution >= 0.6 is 0 Å². The maximum atomic E-state index is 13.2. The number of nitro groups is 1. The van der Waals surface area contributed by atoms with Gasteiger partial charge in [-0.15, -0.1) is 0 Å². The number of hydrogen-bond donors (Lipinski definition) is 1. The van der Waals surface area contributed by atoms with Gasteiger partial charge in [0.1, 0.15) is 6.04 Å². The number of piperidine rings is 1. The third-order valence-corrected chi connectivity index (χ3v) is 6.99. The normalized spacial score (nSPS) is 15.1. The molecule has 0 aliphatic carbocycles. The monoisotopic (exact) mass is 474 g/mol. The van der Waals surface area contributed by atoms with Gasteiger partial charge < -0.3 is 10.2 Å². The molecule has 33 heavy (non-hydrogen) atoms. The van der Waals surface area contributed by atoms with Gasteiger partial charge in [0.15, 0.2) is 0 Å². The minimum absolute atomic E-state index is 0.120. The van der Waals surface area contributed by atoms with E-state index in [0.29, 0.717) is 11.3 Å². The Morgan fingerprint density at radius 2 is 1.79 bits per heavy atom. The zero-order valence-corrected chi connectivity index (χ0v) is 20.0. The van der Waals surface area contributed by atoms with Crippen molar-refractivity contribution in [2.24, 2.45) is 0 Å². The van der Waals surface area contributed by atoms with Gasteiger partial charge >= 0.3 is 0 Å².